The van der Waals surface area contributed by atoms with Crippen molar-refractivity contribution in [3.05, 3.63) is 16.8 Å². The molecule has 1 atom stereocenters. The Bertz CT molecular complexity index is 680. The summed E-state index contributed by atoms with van der Waals surface area (Å²) in [7, 11) is 3.53. The van der Waals surface area contributed by atoms with Gasteiger partial charge in [0.15, 0.2) is 0 Å². The zero-order valence-corrected chi connectivity index (χ0v) is 13.5. The van der Waals surface area contributed by atoms with Gasteiger partial charge < -0.3 is 10.2 Å². The fraction of sp³-hybridized carbons (Fsp3) is 0.533. The summed E-state index contributed by atoms with van der Waals surface area (Å²) in [5, 5.41) is 4.39. The summed E-state index contributed by atoms with van der Waals surface area (Å²) in [5.41, 5.74) is 1.38. The maximum Gasteiger partial charge on any atom is 0.244 e. The van der Waals surface area contributed by atoms with E-state index in [1.165, 1.54) is 23.3 Å². The molecule has 0 aromatic carbocycles. The molecule has 5 nitrogen and oxygen atoms in total. The van der Waals surface area contributed by atoms with E-state index in [0.717, 1.165) is 28.9 Å². The molecule has 1 aliphatic rings. The van der Waals surface area contributed by atoms with Crippen LogP contribution < -0.4 is 5.32 Å². The molecule has 112 valence electrons. The molecule has 1 aliphatic carbocycles. The van der Waals surface area contributed by atoms with Crippen LogP contribution >= 0.6 is 11.3 Å². The number of carbonyl (C=O) groups is 1. The van der Waals surface area contributed by atoms with E-state index >= 15 is 0 Å². The topological polar surface area (TPSA) is 58.1 Å². The van der Waals surface area contributed by atoms with Crippen molar-refractivity contribution in [3.8, 4) is 0 Å². The summed E-state index contributed by atoms with van der Waals surface area (Å²) in [6.07, 6.45) is 6.29. The maximum absolute atomic E-state index is 12.0. The van der Waals surface area contributed by atoms with E-state index in [-0.39, 0.29) is 11.9 Å². The molecule has 21 heavy (non-hydrogen) atoms. The predicted octanol–water partition coefficient (Wildman–Crippen LogP) is 2.46. The summed E-state index contributed by atoms with van der Waals surface area (Å²) in [4.78, 5) is 24.9. The van der Waals surface area contributed by atoms with Crippen LogP contribution in [0.1, 0.15) is 30.2 Å². The molecule has 3 rings (SSSR count). The van der Waals surface area contributed by atoms with E-state index in [1.807, 2.05) is 6.92 Å². The van der Waals surface area contributed by atoms with Crippen LogP contribution in [0.15, 0.2) is 6.33 Å². The molecule has 1 N–H and O–H groups in total. The van der Waals surface area contributed by atoms with E-state index < -0.39 is 0 Å². The van der Waals surface area contributed by atoms with Gasteiger partial charge in [-0.3, -0.25) is 4.79 Å². The van der Waals surface area contributed by atoms with Gasteiger partial charge in [0.05, 0.1) is 5.39 Å². The number of nitrogens with zero attached hydrogens (tertiary/aromatic N) is 3. The number of nitrogens with one attached hydrogen (secondary N) is 1. The van der Waals surface area contributed by atoms with Crippen molar-refractivity contribution in [2.45, 2.75) is 38.6 Å². The fourth-order valence-electron chi connectivity index (χ4n) is 2.85. The third-order valence-electron chi connectivity index (χ3n) is 3.92. The minimum Gasteiger partial charge on any atom is -0.358 e. The van der Waals surface area contributed by atoms with Gasteiger partial charge in [0, 0.05) is 19.0 Å². The van der Waals surface area contributed by atoms with Crippen LogP contribution in [0.25, 0.3) is 10.2 Å². The number of carbonyl (C=O) groups excluding carboxylic acids is 1. The number of amides is 1. The molecule has 0 radical (unpaired) electrons. The second-order valence-corrected chi connectivity index (χ2v) is 6.80. The minimum atomic E-state index is -0.294. The van der Waals surface area contributed by atoms with Crippen LogP contribution in [0.3, 0.4) is 0 Å². The SMILES string of the molecule is C[C@H](Nc1ncnc2sc3c(c12)CCCC3)C(=O)N(C)C. The number of fused-ring (bicyclic) bond motifs is 3. The minimum absolute atomic E-state index is 0.0471. The number of aromatic nitrogens is 2. The van der Waals surface area contributed by atoms with Gasteiger partial charge >= 0.3 is 0 Å². The molecule has 2 heterocycles. The highest BCUT2D eigenvalue weighted by Gasteiger charge is 2.22. The highest BCUT2D eigenvalue weighted by atomic mass is 32.1. The van der Waals surface area contributed by atoms with E-state index in [0.29, 0.717) is 0 Å². The second-order valence-electron chi connectivity index (χ2n) is 5.71. The molecule has 0 fully saturated rings. The Labute approximate surface area is 128 Å². The number of anilines is 1. The van der Waals surface area contributed by atoms with Crippen LogP contribution in [0.5, 0.6) is 0 Å². The molecule has 0 bridgehead atoms. The van der Waals surface area contributed by atoms with Gasteiger partial charge in [-0.15, -0.1) is 11.3 Å². The van der Waals surface area contributed by atoms with Gasteiger partial charge in [-0.05, 0) is 38.2 Å². The summed E-state index contributed by atoms with van der Waals surface area (Å²) >= 11 is 1.77. The number of rotatable bonds is 3. The van der Waals surface area contributed by atoms with Gasteiger partial charge in [0.1, 0.15) is 23.0 Å². The van der Waals surface area contributed by atoms with Crippen molar-refractivity contribution in [1.82, 2.24) is 14.9 Å². The van der Waals surface area contributed by atoms with Crippen molar-refractivity contribution >= 4 is 33.3 Å². The first kappa shape index (κ1) is 14.3. The summed E-state index contributed by atoms with van der Waals surface area (Å²) in [6.45, 7) is 1.87. The average molecular weight is 304 g/mol. The number of hydrogen-bond donors (Lipinski definition) is 1. The Balaban J connectivity index is 1.99. The highest BCUT2D eigenvalue weighted by Crippen LogP contribution is 2.38. The molecule has 2 aromatic heterocycles. The highest BCUT2D eigenvalue weighted by molar-refractivity contribution is 7.19. The average Bonchev–Trinajstić information content (AvgIpc) is 2.85. The quantitative estimate of drug-likeness (QED) is 0.946. The van der Waals surface area contributed by atoms with Crippen molar-refractivity contribution < 1.29 is 4.79 Å². The Morgan fingerprint density at radius 2 is 2.10 bits per heavy atom. The molecule has 0 saturated carbocycles. The molecule has 6 heteroatoms. The standard InChI is InChI=1S/C15H20N4OS/c1-9(15(20)19(2)3)18-13-12-10-6-4-5-7-11(10)21-14(12)17-8-16-13/h8-9H,4-7H2,1-3H3,(H,16,17,18)/t9-/m0/s1. The third kappa shape index (κ3) is 2.60. The van der Waals surface area contributed by atoms with Crippen LogP contribution in [-0.2, 0) is 17.6 Å². The van der Waals surface area contributed by atoms with Gasteiger partial charge in [-0.1, -0.05) is 0 Å². The van der Waals surface area contributed by atoms with Crippen LogP contribution in [0.4, 0.5) is 5.82 Å². The van der Waals surface area contributed by atoms with Crippen LogP contribution in [0.2, 0.25) is 0 Å². The Morgan fingerprint density at radius 1 is 1.33 bits per heavy atom. The van der Waals surface area contributed by atoms with Gasteiger partial charge in [-0.25, -0.2) is 9.97 Å². The molecule has 1 amide bonds. The number of hydrogen-bond acceptors (Lipinski definition) is 5. The normalized spacial score (nSPS) is 15.6. The van der Waals surface area contributed by atoms with E-state index in [4.69, 9.17) is 0 Å². The summed E-state index contributed by atoms with van der Waals surface area (Å²) < 4.78 is 0. The molecule has 0 aliphatic heterocycles. The van der Waals surface area contributed by atoms with Gasteiger partial charge in [-0.2, -0.15) is 0 Å². The predicted molar refractivity (Wildman–Crippen MR) is 85.8 cm³/mol. The Kier molecular flexibility index (Phi) is 3.80. The lowest BCUT2D eigenvalue weighted by molar-refractivity contribution is -0.129. The molecular weight excluding hydrogens is 284 g/mol. The number of aryl methyl sites for hydroxylation is 2. The molecule has 0 spiro atoms. The largest absolute Gasteiger partial charge is 0.358 e. The fourth-order valence-corrected chi connectivity index (χ4v) is 4.08. The van der Waals surface area contributed by atoms with Crippen molar-refractivity contribution in [3.63, 3.8) is 0 Å². The molecular formula is C15H20N4OS. The lowest BCUT2D eigenvalue weighted by atomic mass is 9.97. The first-order valence-corrected chi connectivity index (χ1v) is 8.12. The van der Waals surface area contributed by atoms with Crippen molar-refractivity contribution in [2.75, 3.05) is 19.4 Å². The van der Waals surface area contributed by atoms with Gasteiger partial charge in [0.25, 0.3) is 0 Å². The zero-order chi connectivity index (χ0) is 15.0. The lowest BCUT2D eigenvalue weighted by Crippen LogP contribution is -2.36. The maximum atomic E-state index is 12.0. The monoisotopic (exact) mass is 304 g/mol. The lowest BCUT2D eigenvalue weighted by Gasteiger charge is -2.19. The van der Waals surface area contributed by atoms with Crippen LogP contribution in [0, 0.1) is 0 Å². The zero-order valence-electron chi connectivity index (χ0n) is 12.6. The molecule has 0 unspecified atom stereocenters. The van der Waals surface area contributed by atoms with Crippen molar-refractivity contribution in [2.24, 2.45) is 0 Å². The number of thiophene rings is 1. The molecule has 0 saturated heterocycles. The number of likely N-dealkylation sites (N-methyl/N-ethyl adjacent to an activating group) is 1. The third-order valence-corrected chi connectivity index (χ3v) is 5.12. The van der Waals surface area contributed by atoms with E-state index in [9.17, 15) is 4.79 Å². The van der Waals surface area contributed by atoms with E-state index in [2.05, 4.69) is 15.3 Å². The van der Waals surface area contributed by atoms with E-state index in [1.54, 1.807) is 36.7 Å². The Hall–Kier alpha value is -1.69. The second kappa shape index (κ2) is 5.60. The van der Waals surface area contributed by atoms with Crippen molar-refractivity contribution in [1.29, 1.82) is 0 Å². The molecule has 2 aromatic rings. The van der Waals surface area contributed by atoms with Crippen LogP contribution in [-0.4, -0.2) is 40.9 Å². The summed E-state index contributed by atoms with van der Waals surface area (Å²) in [6, 6.07) is -0.294. The van der Waals surface area contributed by atoms with Gasteiger partial charge in [0.2, 0.25) is 5.91 Å². The first-order valence-electron chi connectivity index (χ1n) is 7.31. The Morgan fingerprint density at radius 3 is 2.86 bits per heavy atom. The smallest absolute Gasteiger partial charge is 0.244 e. The summed E-state index contributed by atoms with van der Waals surface area (Å²) in [5.74, 6) is 0.841. The first-order chi connectivity index (χ1) is 10.1.